The fourth-order valence-corrected chi connectivity index (χ4v) is 2.85. The van der Waals surface area contributed by atoms with Crippen LogP contribution in [-0.2, 0) is 9.53 Å². The summed E-state index contributed by atoms with van der Waals surface area (Å²) < 4.78 is 18.0. The number of alkyl halides is 1. The minimum atomic E-state index is -0.522. The highest BCUT2D eigenvalue weighted by molar-refractivity contribution is 7.18. The third-order valence-corrected chi connectivity index (χ3v) is 4.12. The van der Waals surface area contributed by atoms with Crippen LogP contribution in [0.2, 0.25) is 0 Å². The Balaban J connectivity index is 2.40. The molecule has 0 atom stereocenters. The number of esters is 1. The summed E-state index contributed by atoms with van der Waals surface area (Å²) in [5, 5.41) is 2.57. The van der Waals surface area contributed by atoms with Gasteiger partial charge in [-0.1, -0.05) is 12.1 Å². The minimum absolute atomic E-state index is 0.218. The number of hydrogen-bond acceptors (Lipinski definition) is 4. The average molecular weight is 342 g/mol. The van der Waals surface area contributed by atoms with Crippen molar-refractivity contribution in [3.05, 3.63) is 41.0 Å². The molecule has 0 aliphatic rings. The summed E-state index contributed by atoms with van der Waals surface area (Å²) in [5.74, 6) is -1.51. The van der Waals surface area contributed by atoms with Gasteiger partial charge in [0.25, 0.3) is 0 Å². The van der Waals surface area contributed by atoms with Crippen LogP contribution in [0.4, 0.5) is 10.1 Å². The molecule has 0 saturated heterocycles. The monoisotopic (exact) mass is 341 g/mol. The molecule has 0 aliphatic heterocycles. The number of rotatable bonds is 5. The highest BCUT2D eigenvalue weighted by Gasteiger charge is 2.19. The molecule has 116 valence electrons. The first-order valence-corrected chi connectivity index (χ1v) is 7.83. The third-order valence-electron chi connectivity index (χ3n) is 2.72. The average Bonchev–Trinajstić information content (AvgIpc) is 2.92. The first-order valence-electron chi connectivity index (χ1n) is 6.47. The Hall–Kier alpha value is -1.92. The van der Waals surface area contributed by atoms with Crippen molar-refractivity contribution in [2.45, 2.75) is 6.92 Å². The molecule has 0 aliphatic carbocycles. The number of anilines is 1. The van der Waals surface area contributed by atoms with E-state index in [2.05, 4.69) is 5.32 Å². The number of halogens is 2. The molecule has 0 saturated carbocycles. The lowest BCUT2D eigenvalue weighted by molar-refractivity contribution is -0.113. The molecule has 0 radical (unpaired) electrons. The van der Waals surface area contributed by atoms with Crippen LogP contribution in [0.1, 0.15) is 16.6 Å². The number of thiophene rings is 1. The van der Waals surface area contributed by atoms with E-state index in [0.717, 1.165) is 16.9 Å². The molecule has 7 heteroatoms. The van der Waals surface area contributed by atoms with Crippen molar-refractivity contribution in [1.82, 2.24) is 0 Å². The lowest BCUT2D eigenvalue weighted by atomic mass is 10.2. The van der Waals surface area contributed by atoms with E-state index in [-0.39, 0.29) is 23.2 Å². The Bertz CT molecular complexity index is 685. The molecular formula is C15H13ClFNO3S. The molecule has 0 spiro atoms. The van der Waals surface area contributed by atoms with E-state index < -0.39 is 11.9 Å². The molecule has 1 aromatic heterocycles. The Morgan fingerprint density at radius 1 is 1.32 bits per heavy atom. The van der Waals surface area contributed by atoms with Crippen molar-refractivity contribution < 1.29 is 18.7 Å². The maximum atomic E-state index is 13.0. The number of hydrogen-bond donors (Lipinski definition) is 1. The van der Waals surface area contributed by atoms with Crippen LogP contribution in [-0.4, -0.2) is 24.4 Å². The largest absolute Gasteiger partial charge is 0.462 e. The van der Waals surface area contributed by atoms with Gasteiger partial charge in [0.1, 0.15) is 16.6 Å². The molecular weight excluding hydrogens is 329 g/mol. The lowest BCUT2D eigenvalue weighted by Gasteiger charge is -2.03. The molecule has 0 bridgehead atoms. The normalized spacial score (nSPS) is 10.3. The van der Waals surface area contributed by atoms with Gasteiger partial charge in [-0.3, -0.25) is 4.79 Å². The van der Waals surface area contributed by atoms with Gasteiger partial charge in [-0.05, 0) is 30.7 Å². The fourth-order valence-electron chi connectivity index (χ4n) is 1.77. The van der Waals surface area contributed by atoms with Crippen molar-refractivity contribution in [1.29, 1.82) is 0 Å². The zero-order chi connectivity index (χ0) is 16.1. The van der Waals surface area contributed by atoms with E-state index >= 15 is 0 Å². The van der Waals surface area contributed by atoms with Crippen LogP contribution in [0.3, 0.4) is 0 Å². The number of ether oxygens (including phenoxy) is 1. The Kier molecular flexibility index (Phi) is 5.51. The minimum Gasteiger partial charge on any atom is -0.462 e. The van der Waals surface area contributed by atoms with E-state index in [1.165, 1.54) is 12.1 Å². The second-order valence-corrected chi connectivity index (χ2v) is 5.58. The smallest absolute Gasteiger partial charge is 0.350 e. The number of nitrogens with one attached hydrogen (secondary N) is 1. The molecule has 22 heavy (non-hydrogen) atoms. The lowest BCUT2D eigenvalue weighted by Crippen LogP contribution is -2.14. The van der Waals surface area contributed by atoms with Gasteiger partial charge in [0.2, 0.25) is 5.91 Å². The zero-order valence-electron chi connectivity index (χ0n) is 11.7. The van der Waals surface area contributed by atoms with Gasteiger partial charge in [-0.25, -0.2) is 9.18 Å². The van der Waals surface area contributed by atoms with E-state index in [9.17, 15) is 14.0 Å². The van der Waals surface area contributed by atoms with Crippen molar-refractivity contribution in [3.8, 4) is 10.4 Å². The summed E-state index contributed by atoms with van der Waals surface area (Å²) in [6.45, 7) is 1.93. The van der Waals surface area contributed by atoms with E-state index in [1.807, 2.05) is 0 Å². The number of benzene rings is 1. The van der Waals surface area contributed by atoms with Gasteiger partial charge in [-0.2, -0.15) is 0 Å². The summed E-state index contributed by atoms with van der Waals surface area (Å²) in [7, 11) is 0. The highest BCUT2D eigenvalue weighted by Crippen LogP contribution is 2.35. The maximum absolute atomic E-state index is 13.0. The van der Waals surface area contributed by atoms with Gasteiger partial charge < -0.3 is 10.1 Å². The Morgan fingerprint density at radius 2 is 2.00 bits per heavy atom. The van der Waals surface area contributed by atoms with Crippen molar-refractivity contribution in [3.63, 3.8) is 0 Å². The quantitative estimate of drug-likeness (QED) is 0.662. The maximum Gasteiger partial charge on any atom is 0.350 e. The number of carbonyl (C=O) groups excluding carboxylic acids is 2. The molecule has 4 nitrogen and oxygen atoms in total. The summed E-state index contributed by atoms with van der Waals surface area (Å²) in [6, 6.07) is 7.51. The number of carbonyl (C=O) groups is 2. The molecule has 2 rings (SSSR count). The SMILES string of the molecule is CCOC(=O)c1sc(-c2ccc(F)cc2)cc1NC(=O)CCl. The first-order chi connectivity index (χ1) is 10.5. The third kappa shape index (κ3) is 3.84. The van der Waals surface area contributed by atoms with Gasteiger partial charge in [0, 0.05) is 4.88 Å². The van der Waals surface area contributed by atoms with Gasteiger partial charge >= 0.3 is 5.97 Å². The molecule has 1 N–H and O–H groups in total. The van der Waals surface area contributed by atoms with Gasteiger partial charge in [-0.15, -0.1) is 22.9 Å². The Morgan fingerprint density at radius 3 is 2.59 bits per heavy atom. The predicted octanol–water partition coefficient (Wildman–Crippen LogP) is 3.91. The summed E-state index contributed by atoms with van der Waals surface area (Å²) >= 11 is 6.63. The standard InChI is InChI=1S/C15H13ClFNO3S/c1-2-21-15(20)14-11(18-13(19)8-16)7-12(22-14)9-3-5-10(17)6-4-9/h3-7H,2,8H2,1H3,(H,18,19). The van der Waals surface area contributed by atoms with Gasteiger partial charge in [0.05, 0.1) is 12.3 Å². The first kappa shape index (κ1) is 16.5. The van der Waals surface area contributed by atoms with E-state index in [4.69, 9.17) is 16.3 Å². The van der Waals surface area contributed by atoms with E-state index in [0.29, 0.717) is 10.6 Å². The van der Waals surface area contributed by atoms with Crippen LogP contribution in [0, 0.1) is 5.82 Å². The highest BCUT2D eigenvalue weighted by atomic mass is 35.5. The molecule has 0 fully saturated rings. The topological polar surface area (TPSA) is 55.4 Å². The van der Waals surface area contributed by atoms with E-state index in [1.54, 1.807) is 25.1 Å². The zero-order valence-corrected chi connectivity index (χ0v) is 13.3. The predicted molar refractivity (Wildman–Crippen MR) is 85.0 cm³/mol. The van der Waals surface area contributed by atoms with Crippen molar-refractivity contribution in [2.75, 3.05) is 17.8 Å². The number of amides is 1. The summed E-state index contributed by atoms with van der Waals surface area (Å²) in [6.07, 6.45) is 0. The Labute approximate surface area is 135 Å². The summed E-state index contributed by atoms with van der Waals surface area (Å²) in [5.41, 5.74) is 1.08. The molecule has 1 aromatic carbocycles. The van der Waals surface area contributed by atoms with Crippen molar-refractivity contribution in [2.24, 2.45) is 0 Å². The van der Waals surface area contributed by atoms with Crippen LogP contribution < -0.4 is 5.32 Å². The van der Waals surface area contributed by atoms with Crippen LogP contribution in [0.15, 0.2) is 30.3 Å². The molecule has 1 heterocycles. The molecule has 2 aromatic rings. The van der Waals surface area contributed by atoms with Crippen LogP contribution in [0.5, 0.6) is 0 Å². The van der Waals surface area contributed by atoms with Crippen LogP contribution in [0.25, 0.3) is 10.4 Å². The second kappa shape index (κ2) is 7.38. The molecule has 0 unspecified atom stereocenters. The fraction of sp³-hybridized carbons (Fsp3) is 0.200. The second-order valence-electron chi connectivity index (χ2n) is 4.26. The van der Waals surface area contributed by atoms with Gasteiger partial charge in [0.15, 0.2) is 0 Å². The summed E-state index contributed by atoms with van der Waals surface area (Å²) in [4.78, 5) is 24.4. The molecule has 1 amide bonds. The van der Waals surface area contributed by atoms with Crippen LogP contribution >= 0.6 is 22.9 Å². The van der Waals surface area contributed by atoms with Crippen molar-refractivity contribution >= 4 is 40.5 Å².